The van der Waals surface area contributed by atoms with Crippen molar-refractivity contribution >= 4 is 17.3 Å². The minimum absolute atomic E-state index is 0.242. The van der Waals surface area contributed by atoms with E-state index in [1.165, 1.54) is 6.26 Å². The van der Waals surface area contributed by atoms with Gasteiger partial charge < -0.3 is 19.4 Å². The van der Waals surface area contributed by atoms with Gasteiger partial charge in [-0.15, -0.1) is 0 Å². The second-order valence-corrected chi connectivity index (χ2v) is 4.58. The number of rotatable bonds is 3. The molecule has 5 nitrogen and oxygen atoms in total. The Hall–Kier alpha value is -2.27. The molecule has 20 heavy (non-hydrogen) atoms. The average Bonchev–Trinajstić information content (AvgIpc) is 3.03. The summed E-state index contributed by atoms with van der Waals surface area (Å²) in [5.74, 6) is 0.0661. The quantitative estimate of drug-likeness (QED) is 0.932. The van der Waals surface area contributed by atoms with Gasteiger partial charge in [-0.1, -0.05) is 0 Å². The van der Waals surface area contributed by atoms with Gasteiger partial charge in [-0.2, -0.15) is 0 Å². The summed E-state index contributed by atoms with van der Waals surface area (Å²) < 4.78 is 10.4. The number of nitrogens with zero attached hydrogens (tertiary/aromatic N) is 1. The number of anilines is 2. The van der Waals surface area contributed by atoms with Crippen LogP contribution in [0.4, 0.5) is 11.4 Å². The monoisotopic (exact) mass is 272 g/mol. The molecule has 1 aliphatic heterocycles. The number of ether oxygens (including phenoxy) is 1. The van der Waals surface area contributed by atoms with Crippen LogP contribution in [0.5, 0.6) is 0 Å². The molecule has 0 saturated carbocycles. The lowest BCUT2D eigenvalue weighted by atomic mass is 10.2. The average molecular weight is 272 g/mol. The fourth-order valence-corrected chi connectivity index (χ4v) is 2.18. The molecular formula is C15H16N2O3. The largest absolute Gasteiger partial charge is 0.459 e. The molecule has 2 heterocycles. The zero-order chi connectivity index (χ0) is 13.8. The molecule has 1 fully saturated rings. The summed E-state index contributed by atoms with van der Waals surface area (Å²) in [4.78, 5) is 14.1. The summed E-state index contributed by atoms with van der Waals surface area (Å²) in [5, 5.41) is 2.80. The summed E-state index contributed by atoms with van der Waals surface area (Å²) in [6.45, 7) is 3.32. The van der Waals surface area contributed by atoms with E-state index in [0.717, 1.165) is 37.7 Å². The molecule has 0 spiro atoms. The van der Waals surface area contributed by atoms with E-state index >= 15 is 0 Å². The highest BCUT2D eigenvalue weighted by Crippen LogP contribution is 2.19. The maximum atomic E-state index is 11.8. The molecule has 104 valence electrons. The molecule has 1 aromatic heterocycles. The van der Waals surface area contributed by atoms with Gasteiger partial charge in [0.2, 0.25) is 0 Å². The van der Waals surface area contributed by atoms with Crippen molar-refractivity contribution in [1.82, 2.24) is 0 Å². The molecule has 2 aromatic rings. The lowest BCUT2D eigenvalue weighted by Crippen LogP contribution is -2.36. The molecular weight excluding hydrogens is 256 g/mol. The number of morpholine rings is 1. The van der Waals surface area contributed by atoms with Gasteiger partial charge in [0.15, 0.2) is 5.76 Å². The first-order chi connectivity index (χ1) is 9.83. The third kappa shape index (κ3) is 2.83. The molecule has 1 N–H and O–H groups in total. The number of nitrogens with one attached hydrogen (secondary N) is 1. The Kier molecular flexibility index (Phi) is 3.69. The predicted octanol–water partition coefficient (Wildman–Crippen LogP) is 2.37. The van der Waals surface area contributed by atoms with Crippen molar-refractivity contribution in [2.45, 2.75) is 0 Å². The molecule has 0 aliphatic carbocycles. The van der Waals surface area contributed by atoms with Gasteiger partial charge in [0, 0.05) is 24.5 Å². The summed E-state index contributed by atoms with van der Waals surface area (Å²) >= 11 is 0. The van der Waals surface area contributed by atoms with E-state index in [9.17, 15) is 4.79 Å². The van der Waals surface area contributed by atoms with Gasteiger partial charge in [0.1, 0.15) is 0 Å². The van der Waals surface area contributed by atoms with Crippen molar-refractivity contribution in [2.75, 3.05) is 36.5 Å². The fourth-order valence-electron chi connectivity index (χ4n) is 2.18. The summed E-state index contributed by atoms with van der Waals surface area (Å²) in [7, 11) is 0. The smallest absolute Gasteiger partial charge is 0.291 e. The minimum Gasteiger partial charge on any atom is -0.459 e. The summed E-state index contributed by atoms with van der Waals surface area (Å²) in [6, 6.07) is 11.1. The van der Waals surface area contributed by atoms with Crippen LogP contribution in [0.1, 0.15) is 10.6 Å². The van der Waals surface area contributed by atoms with Crippen LogP contribution in [0.3, 0.4) is 0 Å². The Labute approximate surface area is 117 Å². The van der Waals surface area contributed by atoms with E-state index in [-0.39, 0.29) is 5.91 Å². The first-order valence-corrected chi connectivity index (χ1v) is 6.60. The molecule has 0 radical (unpaired) electrons. The molecule has 1 amide bonds. The van der Waals surface area contributed by atoms with Crippen LogP contribution in [-0.4, -0.2) is 32.2 Å². The Morgan fingerprint density at radius 3 is 2.50 bits per heavy atom. The van der Waals surface area contributed by atoms with E-state index in [0.29, 0.717) is 5.76 Å². The zero-order valence-electron chi connectivity index (χ0n) is 11.0. The lowest BCUT2D eigenvalue weighted by molar-refractivity contribution is 0.0996. The molecule has 1 saturated heterocycles. The molecule has 3 rings (SSSR count). The Morgan fingerprint density at radius 2 is 1.85 bits per heavy atom. The normalized spacial score (nSPS) is 15.1. The highest BCUT2D eigenvalue weighted by molar-refractivity contribution is 6.02. The van der Waals surface area contributed by atoms with Crippen LogP contribution < -0.4 is 10.2 Å². The van der Waals surface area contributed by atoms with Gasteiger partial charge in [-0.25, -0.2) is 0 Å². The van der Waals surface area contributed by atoms with E-state index in [1.807, 2.05) is 24.3 Å². The molecule has 1 aliphatic rings. The van der Waals surface area contributed by atoms with E-state index < -0.39 is 0 Å². The van der Waals surface area contributed by atoms with Gasteiger partial charge in [0.25, 0.3) is 5.91 Å². The van der Waals surface area contributed by atoms with Gasteiger partial charge >= 0.3 is 0 Å². The van der Waals surface area contributed by atoms with Crippen molar-refractivity contribution in [3.05, 3.63) is 48.4 Å². The number of benzene rings is 1. The Morgan fingerprint density at radius 1 is 1.10 bits per heavy atom. The highest BCUT2D eigenvalue weighted by atomic mass is 16.5. The standard InChI is InChI=1S/C15H16N2O3/c18-15(14-2-1-9-20-14)16-12-3-5-13(6-4-12)17-7-10-19-11-8-17/h1-6,9H,7-8,10-11H2,(H,16,18). The van der Waals surface area contributed by atoms with Crippen molar-refractivity contribution in [1.29, 1.82) is 0 Å². The molecule has 0 bridgehead atoms. The maximum absolute atomic E-state index is 11.8. The van der Waals surface area contributed by atoms with Crippen molar-refractivity contribution < 1.29 is 13.9 Å². The first-order valence-electron chi connectivity index (χ1n) is 6.60. The van der Waals surface area contributed by atoms with Crippen LogP contribution in [0, 0.1) is 0 Å². The van der Waals surface area contributed by atoms with E-state index in [4.69, 9.17) is 9.15 Å². The minimum atomic E-state index is -0.242. The number of hydrogen-bond donors (Lipinski definition) is 1. The van der Waals surface area contributed by atoms with E-state index in [2.05, 4.69) is 10.2 Å². The number of amides is 1. The maximum Gasteiger partial charge on any atom is 0.291 e. The first kappa shape index (κ1) is 12.7. The number of hydrogen-bond acceptors (Lipinski definition) is 4. The SMILES string of the molecule is O=C(Nc1ccc(N2CCOCC2)cc1)c1ccco1. The van der Waals surface area contributed by atoms with Crippen LogP contribution in [0.25, 0.3) is 0 Å². The number of carbonyl (C=O) groups is 1. The molecule has 0 unspecified atom stereocenters. The van der Waals surface area contributed by atoms with E-state index in [1.54, 1.807) is 12.1 Å². The summed E-state index contributed by atoms with van der Waals surface area (Å²) in [5.41, 5.74) is 1.90. The van der Waals surface area contributed by atoms with Gasteiger partial charge in [-0.3, -0.25) is 4.79 Å². The topological polar surface area (TPSA) is 54.7 Å². The van der Waals surface area contributed by atoms with Crippen LogP contribution >= 0.6 is 0 Å². The third-order valence-corrected chi connectivity index (χ3v) is 3.25. The molecule has 5 heteroatoms. The van der Waals surface area contributed by atoms with Gasteiger partial charge in [0.05, 0.1) is 19.5 Å². The van der Waals surface area contributed by atoms with Crippen molar-refractivity contribution in [3.8, 4) is 0 Å². The molecule has 1 aromatic carbocycles. The second kappa shape index (κ2) is 5.79. The van der Waals surface area contributed by atoms with Crippen LogP contribution in [-0.2, 0) is 4.74 Å². The highest BCUT2D eigenvalue weighted by Gasteiger charge is 2.12. The fraction of sp³-hybridized carbons (Fsp3) is 0.267. The molecule has 0 atom stereocenters. The third-order valence-electron chi connectivity index (χ3n) is 3.25. The zero-order valence-corrected chi connectivity index (χ0v) is 11.0. The lowest BCUT2D eigenvalue weighted by Gasteiger charge is -2.28. The number of furan rings is 1. The summed E-state index contributed by atoms with van der Waals surface area (Å²) in [6.07, 6.45) is 1.48. The number of carbonyl (C=O) groups excluding carboxylic acids is 1. The predicted molar refractivity (Wildman–Crippen MR) is 76.1 cm³/mol. The van der Waals surface area contributed by atoms with Crippen LogP contribution in [0.15, 0.2) is 47.1 Å². The van der Waals surface area contributed by atoms with Crippen molar-refractivity contribution in [2.24, 2.45) is 0 Å². The van der Waals surface area contributed by atoms with Crippen LogP contribution in [0.2, 0.25) is 0 Å². The Balaban J connectivity index is 1.65. The second-order valence-electron chi connectivity index (χ2n) is 4.58. The van der Waals surface area contributed by atoms with Crippen molar-refractivity contribution in [3.63, 3.8) is 0 Å². The Bertz CT molecular complexity index is 557. The van der Waals surface area contributed by atoms with Gasteiger partial charge in [-0.05, 0) is 36.4 Å².